The molecule has 0 unspecified atom stereocenters. The van der Waals surface area contributed by atoms with Gasteiger partial charge in [-0.25, -0.2) is 0 Å². The molecular formula is C31H40O6Si. The molecule has 0 N–H and O–H groups in total. The van der Waals surface area contributed by atoms with Crippen LogP contribution in [0.2, 0.25) is 18.1 Å². The lowest BCUT2D eigenvalue weighted by molar-refractivity contribution is -0.141. The SMILES string of the molecule is C=Cc1cc2c(cc1C=C)[C@H](O[Si](C)(C)C(C)(C)C)[C@H]1COC(=O)[C@@H]1[C@@H]2c1cc(OC)c(OC)c(OC)c1. The lowest BCUT2D eigenvalue weighted by Gasteiger charge is -2.45. The van der Waals surface area contributed by atoms with Crippen LogP contribution in [0, 0.1) is 11.8 Å². The fraction of sp³-hybridized carbons (Fsp3) is 0.452. The molecule has 1 fully saturated rings. The molecule has 6 nitrogen and oxygen atoms in total. The third kappa shape index (κ3) is 4.56. The molecule has 1 aliphatic heterocycles. The third-order valence-electron chi connectivity index (χ3n) is 8.54. The Morgan fingerprint density at radius 3 is 1.95 bits per heavy atom. The van der Waals surface area contributed by atoms with Gasteiger partial charge in [-0.3, -0.25) is 4.79 Å². The standard InChI is InChI=1S/C31H40O6Si/c1-11-18-13-21-22(14-19(18)12-2)28(37-38(9,10)31(3,4)5)23-17-36-30(32)27(23)26(21)20-15-24(33-6)29(35-8)25(16-20)34-7/h11-16,23,26-28H,1-2,17H2,3-10H3/t23-,26+,27-,28-/m0/s1. The Kier molecular flexibility index (Phi) is 7.56. The summed E-state index contributed by atoms with van der Waals surface area (Å²) < 4.78 is 29.8. The Hall–Kier alpha value is -3.03. The zero-order valence-corrected chi connectivity index (χ0v) is 24.8. The third-order valence-corrected chi connectivity index (χ3v) is 13.0. The van der Waals surface area contributed by atoms with Gasteiger partial charge in [-0.15, -0.1) is 0 Å². The summed E-state index contributed by atoms with van der Waals surface area (Å²) in [7, 11) is 2.57. The van der Waals surface area contributed by atoms with Gasteiger partial charge < -0.3 is 23.4 Å². The summed E-state index contributed by atoms with van der Waals surface area (Å²) in [6.45, 7) is 19.6. The number of fused-ring (bicyclic) bond motifs is 2. The molecule has 0 saturated carbocycles. The maximum absolute atomic E-state index is 13.4. The molecule has 0 radical (unpaired) electrons. The average molecular weight is 537 g/mol. The monoisotopic (exact) mass is 536 g/mol. The van der Waals surface area contributed by atoms with Crippen molar-refractivity contribution in [3.8, 4) is 17.2 Å². The highest BCUT2D eigenvalue weighted by atomic mass is 28.4. The second kappa shape index (κ2) is 10.3. The maximum atomic E-state index is 13.4. The van der Waals surface area contributed by atoms with E-state index in [0.29, 0.717) is 23.9 Å². The zero-order valence-electron chi connectivity index (χ0n) is 23.8. The molecule has 0 bridgehead atoms. The van der Waals surface area contributed by atoms with Crippen molar-refractivity contribution in [2.75, 3.05) is 27.9 Å². The van der Waals surface area contributed by atoms with Gasteiger partial charge in [0.05, 0.1) is 40.0 Å². The predicted octanol–water partition coefficient (Wildman–Crippen LogP) is 7.00. The fourth-order valence-electron chi connectivity index (χ4n) is 5.49. The smallest absolute Gasteiger partial charge is 0.310 e. The van der Waals surface area contributed by atoms with Gasteiger partial charge in [-0.1, -0.05) is 52.1 Å². The minimum absolute atomic E-state index is 0.00200. The van der Waals surface area contributed by atoms with Crippen molar-refractivity contribution < 1.29 is 28.2 Å². The van der Waals surface area contributed by atoms with Crippen molar-refractivity contribution in [2.24, 2.45) is 11.8 Å². The van der Waals surface area contributed by atoms with Gasteiger partial charge in [0.25, 0.3) is 0 Å². The molecule has 0 aromatic heterocycles. The minimum atomic E-state index is -2.20. The van der Waals surface area contributed by atoms with Crippen LogP contribution >= 0.6 is 0 Å². The number of rotatable bonds is 8. The second-order valence-corrected chi connectivity index (χ2v) is 16.3. The Morgan fingerprint density at radius 2 is 1.47 bits per heavy atom. The minimum Gasteiger partial charge on any atom is -0.493 e. The molecule has 2 aromatic rings. The number of carbonyl (C=O) groups is 1. The number of carbonyl (C=O) groups excluding carboxylic acids is 1. The first-order valence-electron chi connectivity index (χ1n) is 13.0. The number of esters is 1. The lowest BCUT2D eigenvalue weighted by Crippen LogP contribution is -2.46. The van der Waals surface area contributed by atoms with Crippen molar-refractivity contribution in [1.82, 2.24) is 0 Å². The van der Waals surface area contributed by atoms with Gasteiger partial charge in [0.15, 0.2) is 19.8 Å². The van der Waals surface area contributed by atoms with Crippen LogP contribution in [0.1, 0.15) is 60.6 Å². The van der Waals surface area contributed by atoms with Crippen molar-refractivity contribution in [3.05, 3.63) is 65.2 Å². The average Bonchev–Trinajstić information content (AvgIpc) is 3.27. The van der Waals surface area contributed by atoms with E-state index in [1.807, 2.05) is 24.3 Å². The van der Waals surface area contributed by atoms with Gasteiger partial charge in [0.2, 0.25) is 5.75 Å². The van der Waals surface area contributed by atoms with E-state index in [1.165, 1.54) is 0 Å². The van der Waals surface area contributed by atoms with Crippen LogP contribution in [0.25, 0.3) is 12.2 Å². The number of hydrogen-bond acceptors (Lipinski definition) is 6. The molecule has 38 heavy (non-hydrogen) atoms. The summed E-state index contributed by atoms with van der Waals surface area (Å²) in [5.74, 6) is 0.517. The zero-order chi connectivity index (χ0) is 28.0. The van der Waals surface area contributed by atoms with Crippen molar-refractivity contribution in [3.63, 3.8) is 0 Å². The predicted molar refractivity (Wildman–Crippen MR) is 154 cm³/mol. The first-order valence-corrected chi connectivity index (χ1v) is 15.9. The van der Waals surface area contributed by atoms with E-state index in [1.54, 1.807) is 21.3 Å². The van der Waals surface area contributed by atoms with E-state index in [-0.39, 0.29) is 28.9 Å². The van der Waals surface area contributed by atoms with Gasteiger partial charge in [-0.05, 0) is 64.1 Å². The van der Waals surface area contributed by atoms with Crippen molar-refractivity contribution >= 4 is 26.4 Å². The van der Waals surface area contributed by atoms with Crippen molar-refractivity contribution in [1.29, 1.82) is 0 Å². The normalized spacial score (nSPS) is 22.7. The first kappa shape index (κ1) is 28.0. The highest BCUT2D eigenvalue weighted by Gasteiger charge is 2.54. The number of cyclic esters (lactones) is 1. The number of methoxy groups -OCH3 is 3. The molecule has 4 rings (SSSR count). The Balaban J connectivity index is 2.02. The van der Waals surface area contributed by atoms with Gasteiger partial charge >= 0.3 is 5.97 Å². The molecule has 4 atom stereocenters. The van der Waals surface area contributed by atoms with Crippen LogP contribution in [0.4, 0.5) is 0 Å². The summed E-state index contributed by atoms with van der Waals surface area (Å²) in [5.41, 5.74) is 4.90. The molecule has 0 spiro atoms. The summed E-state index contributed by atoms with van der Waals surface area (Å²) in [6, 6.07) is 8.14. The van der Waals surface area contributed by atoms with Crippen LogP contribution < -0.4 is 14.2 Å². The molecule has 1 saturated heterocycles. The summed E-state index contributed by atoms with van der Waals surface area (Å²) >= 11 is 0. The van der Waals surface area contributed by atoms with Crippen molar-refractivity contribution in [2.45, 2.75) is 50.9 Å². The van der Waals surface area contributed by atoms with Gasteiger partial charge in [0, 0.05) is 11.8 Å². The van der Waals surface area contributed by atoms with Crippen LogP contribution in [-0.4, -0.2) is 42.2 Å². The van der Waals surface area contributed by atoms with E-state index in [2.05, 4.69) is 59.2 Å². The summed E-state index contributed by atoms with van der Waals surface area (Å²) in [5, 5.41) is 0.00200. The molecule has 0 amide bonds. The Labute approximate surface area is 227 Å². The lowest BCUT2D eigenvalue weighted by atomic mass is 9.65. The van der Waals surface area contributed by atoms with Gasteiger partial charge in [-0.2, -0.15) is 0 Å². The molecule has 2 aliphatic rings. The molecule has 1 heterocycles. The van der Waals surface area contributed by atoms with E-state index < -0.39 is 14.2 Å². The van der Waals surface area contributed by atoms with Crippen LogP contribution in [0.15, 0.2) is 37.4 Å². The van der Waals surface area contributed by atoms with E-state index in [4.69, 9.17) is 23.4 Å². The van der Waals surface area contributed by atoms with Crippen LogP contribution in [0.5, 0.6) is 17.2 Å². The number of benzene rings is 2. The number of hydrogen-bond donors (Lipinski definition) is 0. The Morgan fingerprint density at radius 1 is 0.921 bits per heavy atom. The van der Waals surface area contributed by atoms with Gasteiger partial charge in [0.1, 0.15) is 0 Å². The molecular weight excluding hydrogens is 496 g/mol. The topological polar surface area (TPSA) is 63.2 Å². The maximum Gasteiger partial charge on any atom is 0.310 e. The molecule has 2 aromatic carbocycles. The first-order chi connectivity index (χ1) is 17.9. The largest absolute Gasteiger partial charge is 0.493 e. The summed E-state index contributed by atoms with van der Waals surface area (Å²) in [6.07, 6.45) is 3.39. The fourth-order valence-corrected chi connectivity index (χ4v) is 6.78. The van der Waals surface area contributed by atoms with Crippen LogP contribution in [-0.2, 0) is 14.0 Å². The van der Waals surface area contributed by atoms with E-state index in [9.17, 15) is 4.79 Å². The van der Waals surface area contributed by atoms with E-state index >= 15 is 0 Å². The molecule has 7 heteroatoms. The van der Waals surface area contributed by atoms with E-state index in [0.717, 1.165) is 27.8 Å². The van der Waals surface area contributed by atoms with Crippen LogP contribution in [0.3, 0.4) is 0 Å². The number of ether oxygens (including phenoxy) is 4. The Bertz CT molecular complexity index is 1230. The summed E-state index contributed by atoms with van der Waals surface area (Å²) in [4.78, 5) is 13.4. The quantitative estimate of drug-likeness (QED) is 0.267. The highest BCUT2D eigenvalue weighted by Crippen LogP contribution is 2.56. The molecule has 1 aliphatic carbocycles. The second-order valence-electron chi connectivity index (χ2n) is 11.6. The molecule has 204 valence electrons. The highest BCUT2D eigenvalue weighted by molar-refractivity contribution is 6.74.